The second-order valence-electron chi connectivity index (χ2n) is 6.31. The van der Waals surface area contributed by atoms with Crippen molar-refractivity contribution in [2.24, 2.45) is 0 Å². The standard InChI is InChI=1S/C20H20N2O3S2/c1-24-14-5-6-18(25-2)15(10-14)17-4-3-8-22(17)20(23)16-12-27-19(21-16)13-7-9-26-11-13/h5-7,9-12,17H,3-4,8H2,1-2H3. The predicted molar refractivity (Wildman–Crippen MR) is 108 cm³/mol. The summed E-state index contributed by atoms with van der Waals surface area (Å²) in [4.78, 5) is 19.7. The van der Waals surface area contributed by atoms with E-state index in [1.54, 1.807) is 25.6 Å². The quantitative estimate of drug-likeness (QED) is 0.613. The number of ether oxygens (including phenoxy) is 2. The van der Waals surface area contributed by atoms with Gasteiger partial charge in [0.05, 0.1) is 20.3 Å². The van der Waals surface area contributed by atoms with E-state index in [1.807, 2.05) is 45.3 Å². The molecular formula is C20H20N2O3S2. The van der Waals surface area contributed by atoms with Crippen LogP contribution in [0.2, 0.25) is 0 Å². The number of rotatable bonds is 5. The molecular weight excluding hydrogens is 380 g/mol. The number of nitrogens with zero attached hydrogens (tertiary/aromatic N) is 2. The van der Waals surface area contributed by atoms with Gasteiger partial charge in [-0.3, -0.25) is 4.79 Å². The zero-order valence-corrected chi connectivity index (χ0v) is 16.8. The average molecular weight is 401 g/mol. The van der Waals surface area contributed by atoms with Crippen molar-refractivity contribution >= 4 is 28.6 Å². The number of methoxy groups -OCH3 is 2. The molecule has 7 heteroatoms. The van der Waals surface area contributed by atoms with Crippen molar-refractivity contribution in [1.29, 1.82) is 0 Å². The van der Waals surface area contributed by atoms with Crippen LogP contribution in [0.5, 0.6) is 11.5 Å². The number of amides is 1. The molecule has 27 heavy (non-hydrogen) atoms. The molecule has 1 saturated heterocycles. The van der Waals surface area contributed by atoms with Gasteiger partial charge in [-0.1, -0.05) is 0 Å². The van der Waals surface area contributed by atoms with Gasteiger partial charge in [0, 0.05) is 28.4 Å². The minimum atomic E-state index is -0.0335. The summed E-state index contributed by atoms with van der Waals surface area (Å²) in [6.45, 7) is 0.717. The Hall–Kier alpha value is -2.38. The fourth-order valence-corrected chi connectivity index (χ4v) is 4.98. The zero-order valence-electron chi connectivity index (χ0n) is 15.2. The lowest BCUT2D eigenvalue weighted by Crippen LogP contribution is -2.31. The molecule has 1 aliphatic rings. The van der Waals surface area contributed by atoms with Gasteiger partial charge in [0.15, 0.2) is 0 Å². The lowest BCUT2D eigenvalue weighted by molar-refractivity contribution is 0.0729. The Morgan fingerprint density at radius 2 is 2.11 bits per heavy atom. The first-order valence-electron chi connectivity index (χ1n) is 8.72. The summed E-state index contributed by atoms with van der Waals surface area (Å²) in [5, 5.41) is 6.80. The predicted octanol–water partition coefficient (Wildman–Crippen LogP) is 4.87. The zero-order chi connectivity index (χ0) is 18.8. The average Bonchev–Trinajstić information content (AvgIpc) is 3.47. The summed E-state index contributed by atoms with van der Waals surface area (Å²) in [6, 6.07) is 7.72. The molecule has 1 amide bonds. The van der Waals surface area contributed by atoms with Gasteiger partial charge >= 0.3 is 0 Å². The number of hydrogen-bond acceptors (Lipinski definition) is 6. The number of aromatic nitrogens is 1. The minimum absolute atomic E-state index is 0.0277. The van der Waals surface area contributed by atoms with E-state index < -0.39 is 0 Å². The van der Waals surface area contributed by atoms with Gasteiger partial charge in [-0.25, -0.2) is 4.98 Å². The van der Waals surface area contributed by atoms with Gasteiger partial charge in [0.2, 0.25) is 0 Å². The molecule has 1 atom stereocenters. The topological polar surface area (TPSA) is 51.7 Å². The number of hydrogen-bond donors (Lipinski definition) is 0. The minimum Gasteiger partial charge on any atom is -0.497 e. The van der Waals surface area contributed by atoms with Crippen molar-refractivity contribution in [3.63, 3.8) is 0 Å². The normalized spacial score (nSPS) is 16.5. The third kappa shape index (κ3) is 3.44. The van der Waals surface area contributed by atoms with Crippen molar-refractivity contribution in [3.05, 3.63) is 51.7 Å². The van der Waals surface area contributed by atoms with Crippen LogP contribution in [0.1, 0.15) is 34.9 Å². The summed E-state index contributed by atoms with van der Waals surface area (Å²) in [6.07, 6.45) is 1.86. The highest BCUT2D eigenvalue weighted by atomic mass is 32.1. The van der Waals surface area contributed by atoms with Gasteiger partial charge in [-0.05, 0) is 42.5 Å². The Labute approximate surface area is 166 Å². The molecule has 5 nitrogen and oxygen atoms in total. The lowest BCUT2D eigenvalue weighted by Gasteiger charge is -2.26. The van der Waals surface area contributed by atoms with E-state index in [0.29, 0.717) is 5.69 Å². The molecule has 2 aromatic heterocycles. The molecule has 1 fully saturated rings. The number of thiazole rings is 1. The van der Waals surface area contributed by atoms with Gasteiger partial charge in [-0.2, -0.15) is 11.3 Å². The van der Waals surface area contributed by atoms with Gasteiger partial charge in [0.1, 0.15) is 22.2 Å². The molecule has 3 aromatic rings. The summed E-state index contributed by atoms with van der Waals surface area (Å²) >= 11 is 3.14. The van der Waals surface area contributed by atoms with Crippen LogP contribution in [0.25, 0.3) is 10.6 Å². The fraction of sp³-hybridized carbons (Fsp3) is 0.300. The molecule has 1 unspecified atom stereocenters. The number of carbonyl (C=O) groups is 1. The third-order valence-corrected chi connectivity index (χ3v) is 6.38. The Kier molecular flexibility index (Phi) is 5.13. The van der Waals surface area contributed by atoms with Crippen LogP contribution < -0.4 is 9.47 Å². The molecule has 0 bridgehead atoms. The molecule has 3 heterocycles. The molecule has 0 radical (unpaired) electrons. The second kappa shape index (κ2) is 7.70. The van der Waals surface area contributed by atoms with E-state index >= 15 is 0 Å². The van der Waals surface area contributed by atoms with Crippen LogP contribution in [0.15, 0.2) is 40.4 Å². The maximum atomic E-state index is 13.2. The largest absolute Gasteiger partial charge is 0.497 e. The van der Waals surface area contributed by atoms with Gasteiger partial charge < -0.3 is 14.4 Å². The van der Waals surface area contributed by atoms with E-state index in [9.17, 15) is 4.79 Å². The van der Waals surface area contributed by atoms with E-state index in [4.69, 9.17) is 9.47 Å². The van der Waals surface area contributed by atoms with E-state index in [2.05, 4.69) is 4.98 Å². The van der Waals surface area contributed by atoms with E-state index in [-0.39, 0.29) is 11.9 Å². The van der Waals surface area contributed by atoms with Crippen LogP contribution in [-0.2, 0) is 0 Å². The summed E-state index contributed by atoms with van der Waals surface area (Å²) in [5.74, 6) is 1.51. The molecule has 140 valence electrons. The Morgan fingerprint density at radius 3 is 2.85 bits per heavy atom. The van der Waals surface area contributed by atoms with Crippen LogP contribution in [-0.4, -0.2) is 36.6 Å². The molecule has 0 N–H and O–H groups in total. The van der Waals surface area contributed by atoms with Crippen molar-refractivity contribution in [3.8, 4) is 22.1 Å². The molecule has 0 spiro atoms. The Bertz CT molecular complexity index is 937. The maximum Gasteiger partial charge on any atom is 0.273 e. The molecule has 4 rings (SSSR count). The molecule has 1 aromatic carbocycles. The second-order valence-corrected chi connectivity index (χ2v) is 7.95. The highest BCUT2D eigenvalue weighted by molar-refractivity contribution is 7.14. The Morgan fingerprint density at radius 1 is 1.22 bits per heavy atom. The van der Waals surface area contributed by atoms with Gasteiger partial charge in [0.25, 0.3) is 5.91 Å². The first-order chi connectivity index (χ1) is 13.2. The maximum absolute atomic E-state index is 13.2. The van der Waals surface area contributed by atoms with Crippen LogP contribution >= 0.6 is 22.7 Å². The Balaban J connectivity index is 1.63. The smallest absolute Gasteiger partial charge is 0.273 e. The number of thiophene rings is 1. The van der Waals surface area contributed by atoms with E-state index in [1.165, 1.54) is 11.3 Å². The number of benzene rings is 1. The number of likely N-dealkylation sites (tertiary alicyclic amines) is 1. The van der Waals surface area contributed by atoms with Crippen molar-refractivity contribution in [1.82, 2.24) is 9.88 Å². The first kappa shape index (κ1) is 18.0. The fourth-order valence-electron chi connectivity index (χ4n) is 3.47. The monoisotopic (exact) mass is 400 g/mol. The van der Waals surface area contributed by atoms with Gasteiger partial charge in [-0.15, -0.1) is 11.3 Å². The van der Waals surface area contributed by atoms with Crippen LogP contribution in [0, 0.1) is 0 Å². The highest BCUT2D eigenvalue weighted by Crippen LogP contribution is 2.40. The molecule has 1 aliphatic heterocycles. The highest BCUT2D eigenvalue weighted by Gasteiger charge is 2.33. The van der Waals surface area contributed by atoms with Crippen molar-refractivity contribution in [2.45, 2.75) is 18.9 Å². The van der Waals surface area contributed by atoms with Crippen molar-refractivity contribution < 1.29 is 14.3 Å². The van der Waals surface area contributed by atoms with Crippen molar-refractivity contribution in [2.75, 3.05) is 20.8 Å². The summed E-state index contributed by atoms with van der Waals surface area (Å²) < 4.78 is 10.9. The molecule has 0 saturated carbocycles. The van der Waals surface area contributed by atoms with Crippen LogP contribution in [0.3, 0.4) is 0 Å². The van der Waals surface area contributed by atoms with Crippen LogP contribution in [0.4, 0.5) is 0 Å². The molecule has 0 aliphatic carbocycles. The summed E-state index contributed by atoms with van der Waals surface area (Å²) in [5.41, 5.74) is 2.56. The van der Waals surface area contributed by atoms with E-state index in [0.717, 1.165) is 47.0 Å². The first-order valence-corrected chi connectivity index (χ1v) is 10.5. The third-order valence-electron chi connectivity index (χ3n) is 4.80. The lowest BCUT2D eigenvalue weighted by atomic mass is 10.0. The number of carbonyl (C=O) groups excluding carboxylic acids is 1. The summed E-state index contributed by atoms with van der Waals surface area (Å²) in [7, 11) is 3.30. The SMILES string of the molecule is COc1ccc(OC)c(C2CCCN2C(=O)c2csc(-c3ccsc3)n2)c1.